The van der Waals surface area contributed by atoms with E-state index in [2.05, 4.69) is 22.8 Å². The van der Waals surface area contributed by atoms with E-state index in [4.69, 9.17) is 4.74 Å². The predicted octanol–water partition coefficient (Wildman–Crippen LogP) is 3.54. The second-order valence-corrected chi connectivity index (χ2v) is 11.9. The fourth-order valence-corrected chi connectivity index (χ4v) is 6.43. The molecule has 8 nitrogen and oxygen atoms in total. The van der Waals surface area contributed by atoms with Crippen LogP contribution in [0.15, 0.2) is 48.5 Å². The number of halogens is 1. The fraction of sp³-hybridized carbons (Fsp3) is 0.531. The molecule has 2 aliphatic heterocycles. The van der Waals surface area contributed by atoms with Gasteiger partial charge in [-0.25, -0.2) is 4.39 Å². The van der Waals surface area contributed by atoms with Gasteiger partial charge in [-0.15, -0.1) is 0 Å². The number of morpholine rings is 1. The summed E-state index contributed by atoms with van der Waals surface area (Å²) in [7, 11) is 0. The first-order valence-electron chi connectivity index (χ1n) is 14.8. The Bertz CT molecular complexity index is 1240. The van der Waals surface area contributed by atoms with Crippen LogP contribution in [0.2, 0.25) is 0 Å². The van der Waals surface area contributed by atoms with Crippen LogP contribution in [0.5, 0.6) is 0 Å². The number of piperazine rings is 1. The highest BCUT2D eigenvalue weighted by Gasteiger charge is 2.50. The van der Waals surface area contributed by atoms with Crippen LogP contribution in [-0.2, 0) is 32.0 Å². The Hall–Kier alpha value is -3.46. The number of ether oxygens (including phenoxy) is 1. The maximum atomic E-state index is 14.6. The van der Waals surface area contributed by atoms with Gasteiger partial charge in [0.15, 0.2) is 6.30 Å². The van der Waals surface area contributed by atoms with Gasteiger partial charge in [0.05, 0.1) is 13.2 Å². The highest BCUT2D eigenvalue weighted by atomic mass is 19.1. The summed E-state index contributed by atoms with van der Waals surface area (Å²) in [5.74, 6) is -1.07. The number of hydrogen-bond donors (Lipinski definition) is 2. The Kier molecular flexibility index (Phi) is 8.63. The molecule has 5 atom stereocenters. The number of fused-ring (bicyclic) bond motifs is 1. The molecule has 2 saturated heterocycles. The van der Waals surface area contributed by atoms with Gasteiger partial charge < -0.3 is 25.2 Å². The molecule has 2 aromatic carbocycles. The minimum atomic E-state index is -1.26. The van der Waals surface area contributed by atoms with Crippen molar-refractivity contribution < 1.29 is 23.5 Å². The number of nitrogens with one attached hydrogen (secondary N) is 2. The molecule has 1 unspecified atom stereocenters. The second-order valence-electron chi connectivity index (χ2n) is 11.9. The summed E-state index contributed by atoms with van der Waals surface area (Å²) in [6, 6.07) is 12.5. The van der Waals surface area contributed by atoms with Crippen molar-refractivity contribution in [1.82, 2.24) is 15.5 Å². The number of alkyl halides is 1. The summed E-state index contributed by atoms with van der Waals surface area (Å²) in [4.78, 5) is 45.3. The van der Waals surface area contributed by atoms with Gasteiger partial charge in [-0.2, -0.15) is 0 Å². The third kappa shape index (κ3) is 5.82. The molecule has 41 heavy (non-hydrogen) atoms. The molecule has 0 bridgehead atoms. The van der Waals surface area contributed by atoms with E-state index in [1.54, 1.807) is 34.1 Å². The van der Waals surface area contributed by atoms with Crippen LogP contribution in [0.3, 0.4) is 0 Å². The van der Waals surface area contributed by atoms with Crippen LogP contribution in [0, 0.1) is 11.8 Å². The van der Waals surface area contributed by atoms with Gasteiger partial charge in [-0.05, 0) is 67.3 Å². The predicted molar refractivity (Wildman–Crippen MR) is 155 cm³/mol. The molecule has 0 radical (unpaired) electrons. The van der Waals surface area contributed by atoms with Crippen LogP contribution in [0.25, 0.3) is 0 Å². The average Bonchev–Trinajstić information content (AvgIpc) is 3.39. The van der Waals surface area contributed by atoms with Crippen LogP contribution in [0.1, 0.15) is 56.8 Å². The number of hydrogen-bond acceptors (Lipinski definition) is 5. The lowest BCUT2D eigenvalue weighted by Gasteiger charge is -2.46. The van der Waals surface area contributed by atoms with Crippen molar-refractivity contribution >= 4 is 23.4 Å². The smallest absolute Gasteiger partial charge is 0.247 e. The SMILES string of the molecule is CC[C@@H](C)[C@@H]1C(=O)N[C@H](C2Cc3ccccc3C2)C(=O)N1[C@@H](C(=O)NC(C)C)c1ccc(N2CCOCC2F)cc1. The molecule has 2 fully saturated rings. The van der Waals surface area contributed by atoms with Crippen molar-refractivity contribution in [3.8, 4) is 0 Å². The lowest BCUT2D eigenvalue weighted by molar-refractivity contribution is -0.159. The average molecular weight is 565 g/mol. The molecule has 0 aromatic heterocycles. The highest BCUT2D eigenvalue weighted by molar-refractivity contribution is 6.00. The van der Waals surface area contributed by atoms with Crippen molar-refractivity contribution in [2.24, 2.45) is 11.8 Å². The number of nitrogens with zero attached hydrogens (tertiary/aromatic N) is 2. The van der Waals surface area contributed by atoms with Gasteiger partial charge in [0.25, 0.3) is 0 Å². The number of benzene rings is 2. The van der Waals surface area contributed by atoms with Crippen molar-refractivity contribution in [3.05, 3.63) is 65.2 Å². The van der Waals surface area contributed by atoms with Crippen molar-refractivity contribution in [1.29, 1.82) is 0 Å². The quantitative estimate of drug-likeness (QED) is 0.479. The van der Waals surface area contributed by atoms with Gasteiger partial charge in [-0.3, -0.25) is 14.4 Å². The van der Waals surface area contributed by atoms with Crippen LogP contribution < -0.4 is 15.5 Å². The Morgan fingerprint density at radius 1 is 1.07 bits per heavy atom. The third-order valence-corrected chi connectivity index (χ3v) is 8.69. The number of rotatable bonds is 8. The number of carbonyl (C=O) groups excluding carboxylic acids is 3. The molecule has 3 amide bonds. The van der Waals surface area contributed by atoms with Gasteiger partial charge >= 0.3 is 0 Å². The normalized spacial score (nSPS) is 24.7. The molecule has 9 heteroatoms. The largest absolute Gasteiger partial charge is 0.375 e. The van der Waals surface area contributed by atoms with Crippen molar-refractivity contribution in [2.75, 3.05) is 24.7 Å². The zero-order valence-corrected chi connectivity index (χ0v) is 24.3. The number of carbonyl (C=O) groups is 3. The zero-order valence-electron chi connectivity index (χ0n) is 24.3. The molecule has 2 N–H and O–H groups in total. The topological polar surface area (TPSA) is 91.0 Å². The third-order valence-electron chi connectivity index (χ3n) is 8.69. The van der Waals surface area contributed by atoms with Crippen molar-refractivity contribution in [2.45, 2.75) is 77.4 Å². The molecule has 0 saturated carbocycles. The Morgan fingerprint density at radius 2 is 1.73 bits per heavy atom. The van der Waals surface area contributed by atoms with Crippen LogP contribution >= 0.6 is 0 Å². The van der Waals surface area contributed by atoms with E-state index in [0.29, 0.717) is 43.7 Å². The van der Waals surface area contributed by atoms with E-state index in [1.165, 1.54) is 11.1 Å². The summed E-state index contributed by atoms with van der Waals surface area (Å²) in [6.07, 6.45) is 0.785. The van der Waals surface area contributed by atoms with Gasteiger partial charge in [0.2, 0.25) is 17.7 Å². The molecule has 2 heterocycles. The molecule has 5 rings (SSSR count). The maximum absolute atomic E-state index is 14.6. The zero-order chi connectivity index (χ0) is 29.3. The minimum absolute atomic E-state index is 0.00156. The Balaban J connectivity index is 1.52. The summed E-state index contributed by atoms with van der Waals surface area (Å²) >= 11 is 0. The lowest BCUT2D eigenvalue weighted by Crippen LogP contribution is -2.68. The molecular weight excluding hydrogens is 523 g/mol. The first-order valence-corrected chi connectivity index (χ1v) is 14.8. The Morgan fingerprint density at radius 3 is 2.32 bits per heavy atom. The van der Waals surface area contributed by atoms with Crippen LogP contribution in [-0.4, -0.2) is 66.8 Å². The van der Waals surface area contributed by atoms with E-state index < -0.39 is 24.4 Å². The molecular formula is C32H41FN4O4. The standard InChI is InChI=1S/C32H41FN4O4/c1-5-20(4)28-30(38)35-27(24-16-22-8-6-7-9-23(22)17-24)32(40)37(28)29(31(39)34-19(2)3)21-10-12-25(13-11-21)36-14-15-41-18-26(36)33/h6-13,19-20,24,26-29H,5,14-18H2,1-4H3,(H,34,39)(H,35,38)/t20-,26?,27-,28-,29-/m1/s1. The summed E-state index contributed by atoms with van der Waals surface area (Å²) < 4.78 is 19.8. The van der Waals surface area contributed by atoms with E-state index in [9.17, 15) is 18.8 Å². The van der Waals surface area contributed by atoms with E-state index in [0.717, 1.165) is 0 Å². The molecule has 0 spiro atoms. The lowest BCUT2D eigenvalue weighted by atomic mass is 9.86. The van der Waals surface area contributed by atoms with E-state index in [1.807, 2.05) is 39.8 Å². The number of amides is 3. The summed E-state index contributed by atoms with van der Waals surface area (Å²) in [5, 5.41) is 6.04. The van der Waals surface area contributed by atoms with Gasteiger partial charge in [-0.1, -0.05) is 56.7 Å². The minimum Gasteiger partial charge on any atom is -0.375 e. The first kappa shape index (κ1) is 29.0. The van der Waals surface area contributed by atoms with E-state index in [-0.39, 0.29) is 42.2 Å². The maximum Gasteiger partial charge on any atom is 0.247 e. The van der Waals surface area contributed by atoms with Gasteiger partial charge in [0, 0.05) is 18.3 Å². The molecule has 3 aliphatic rings. The molecule has 1 aliphatic carbocycles. The second kappa shape index (κ2) is 12.2. The number of anilines is 1. The Labute approximate surface area is 241 Å². The van der Waals surface area contributed by atoms with E-state index >= 15 is 0 Å². The van der Waals surface area contributed by atoms with Crippen molar-refractivity contribution in [3.63, 3.8) is 0 Å². The highest BCUT2D eigenvalue weighted by Crippen LogP contribution is 2.36. The molecule has 2 aromatic rings. The summed E-state index contributed by atoms with van der Waals surface area (Å²) in [5.41, 5.74) is 3.64. The first-order chi connectivity index (χ1) is 19.7. The van der Waals surface area contributed by atoms with Crippen LogP contribution in [0.4, 0.5) is 10.1 Å². The summed E-state index contributed by atoms with van der Waals surface area (Å²) in [6.45, 7) is 8.51. The monoisotopic (exact) mass is 564 g/mol. The fourth-order valence-electron chi connectivity index (χ4n) is 6.43. The molecule has 220 valence electrons. The van der Waals surface area contributed by atoms with Gasteiger partial charge in [0.1, 0.15) is 18.1 Å².